The van der Waals surface area contributed by atoms with E-state index < -0.39 is 7.92 Å². The van der Waals surface area contributed by atoms with Crippen molar-refractivity contribution in [1.82, 2.24) is 9.80 Å². The minimum atomic E-state index is -0.515. The molecule has 0 amide bonds. The van der Waals surface area contributed by atoms with Crippen molar-refractivity contribution < 1.29 is 0 Å². The van der Waals surface area contributed by atoms with Crippen LogP contribution < -0.4 is 10.6 Å². The molecule has 0 bridgehead atoms. The van der Waals surface area contributed by atoms with Gasteiger partial charge in [-0.2, -0.15) is 0 Å². The average molecular weight is 379 g/mol. The first-order valence-corrected chi connectivity index (χ1v) is 11.1. The second-order valence-corrected chi connectivity index (χ2v) is 9.67. The van der Waals surface area contributed by atoms with Crippen molar-refractivity contribution in [3.8, 4) is 0 Å². The van der Waals surface area contributed by atoms with E-state index in [0.717, 1.165) is 19.5 Å². The molecule has 2 aromatic rings. The topological polar surface area (TPSA) is 6.48 Å². The highest BCUT2D eigenvalue weighted by Gasteiger charge is 2.26. The van der Waals surface area contributed by atoms with E-state index in [2.05, 4.69) is 111 Å². The van der Waals surface area contributed by atoms with Crippen molar-refractivity contribution in [1.29, 1.82) is 0 Å². The smallest absolute Gasteiger partial charge is 0.0289 e. The second-order valence-electron chi connectivity index (χ2n) is 7.48. The second kappa shape index (κ2) is 9.46. The molecule has 27 heavy (non-hydrogen) atoms. The summed E-state index contributed by atoms with van der Waals surface area (Å²) in [7, 11) is 6.03. The number of allylic oxidation sites excluding steroid dienone is 3. The number of likely N-dealkylation sites (N-methyl/N-ethyl adjacent to an activating group) is 2. The van der Waals surface area contributed by atoms with Gasteiger partial charge in [-0.15, -0.1) is 0 Å². The van der Waals surface area contributed by atoms with Crippen LogP contribution in [0, 0.1) is 0 Å². The predicted molar refractivity (Wildman–Crippen MR) is 121 cm³/mol. The maximum absolute atomic E-state index is 2.49. The van der Waals surface area contributed by atoms with E-state index in [0.29, 0.717) is 6.04 Å². The SMILES string of the molecule is C[C@@H](C1=C(P(c2ccccc2)c2ccccc2)C=CC1)N(C)CCN(C)C. The monoisotopic (exact) mass is 378 g/mol. The molecule has 1 atom stereocenters. The Labute approximate surface area is 166 Å². The summed E-state index contributed by atoms with van der Waals surface area (Å²) in [6.07, 6.45) is 5.81. The minimum Gasteiger partial charge on any atom is -0.308 e. The molecule has 2 nitrogen and oxygen atoms in total. The van der Waals surface area contributed by atoms with E-state index in [9.17, 15) is 0 Å². The van der Waals surface area contributed by atoms with E-state index >= 15 is 0 Å². The molecule has 0 spiro atoms. The van der Waals surface area contributed by atoms with Gasteiger partial charge in [0.05, 0.1) is 0 Å². The van der Waals surface area contributed by atoms with Gasteiger partial charge >= 0.3 is 0 Å². The average Bonchev–Trinajstić information content (AvgIpc) is 3.16. The van der Waals surface area contributed by atoms with Crippen molar-refractivity contribution in [3.05, 3.63) is 83.7 Å². The Morgan fingerprint density at radius 1 is 0.852 bits per heavy atom. The predicted octanol–water partition coefficient (Wildman–Crippen LogP) is 4.22. The van der Waals surface area contributed by atoms with E-state index in [4.69, 9.17) is 0 Å². The number of nitrogens with zero attached hydrogens (tertiary/aromatic N) is 2. The minimum absolute atomic E-state index is 0.451. The van der Waals surface area contributed by atoms with E-state index in [1.165, 1.54) is 15.9 Å². The van der Waals surface area contributed by atoms with Crippen LogP contribution in [-0.4, -0.2) is 50.1 Å². The fourth-order valence-corrected chi connectivity index (χ4v) is 6.13. The van der Waals surface area contributed by atoms with Gasteiger partial charge in [0.1, 0.15) is 0 Å². The van der Waals surface area contributed by atoms with E-state index in [1.54, 1.807) is 5.57 Å². The number of rotatable bonds is 8. The lowest BCUT2D eigenvalue weighted by molar-refractivity contribution is 0.249. The molecule has 0 saturated carbocycles. The number of hydrogen-bond acceptors (Lipinski definition) is 2. The molecular weight excluding hydrogens is 347 g/mol. The van der Waals surface area contributed by atoms with Crippen LogP contribution in [-0.2, 0) is 0 Å². The third-order valence-corrected chi connectivity index (χ3v) is 7.82. The third-order valence-electron chi connectivity index (χ3n) is 5.28. The summed E-state index contributed by atoms with van der Waals surface area (Å²) < 4.78 is 0. The van der Waals surface area contributed by atoms with Crippen LogP contribution in [0.15, 0.2) is 83.7 Å². The van der Waals surface area contributed by atoms with E-state index in [1.807, 2.05) is 0 Å². The van der Waals surface area contributed by atoms with Crippen LogP contribution in [0.1, 0.15) is 13.3 Å². The Kier molecular flexibility index (Phi) is 7.01. The van der Waals surface area contributed by atoms with Crippen molar-refractivity contribution >= 4 is 18.5 Å². The van der Waals surface area contributed by atoms with Gasteiger partial charge in [-0.3, -0.25) is 4.90 Å². The molecule has 0 fully saturated rings. The molecule has 1 aliphatic rings. The maximum atomic E-state index is 2.49. The molecule has 3 rings (SSSR count). The van der Waals surface area contributed by atoms with Gasteiger partial charge in [-0.25, -0.2) is 0 Å². The molecule has 142 valence electrons. The van der Waals surface area contributed by atoms with Gasteiger partial charge in [0.25, 0.3) is 0 Å². The zero-order valence-corrected chi connectivity index (χ0v) is 17.9. The first kappa shape index (κ1) is 20.0. The molecule has 0 unspecified atom stereocenters. The zero-order valence-electron chi connectivity index (χ0n) is 17.0. The van der Waals surface area contributed by atoms with Crippen LogP contribution in [0.4, 0.5) is 0 Å². The fourth-order valence-electron chi connectivity index (χ4n) is 3.51. The normalized spacial score (nSPS) is 15.4. The van der Waals surface area contributed by atoms with Gasteiger partial charge in [0.15, 0.2) is 0 Å². The molecule has 0 aromatic heterocycles. The summed E-state index contributed by atoms with van der Waals surface area (Å²) in [5.41, 5.74) is 1.58. The first-order valence-electron chi connectivity index (χ1n) is 9.72. The number of hydrogen-bond donors (Lipinski definition) is 0. The summed E-state index contributed by atoms with van der Waals surface area (Å²) in [5, 5.41) is 4.40. The largest absolute Gasteiger partial charge is 0.308 e. The van der Waals surface area contributed by atoms with Crippen LogP contribution in [0.2, 0.25) is 0 Å². The number of benzene rings is 2. The van der Waals surface area contributed by atoms with Crippen molar-refractivity contribution in [2.75, 3.05) is 34.2 Å². The van der Waals surface area contributed by atoms with Gasteiger partial charge in [0, 0.05) is 19.1 Å². The Morgan fingerprint density at radius 3 is 1.93 bits per heavy atom. The molecule has 0 radical (unpaired) electrons. The standard InChI is InChI=1S/C24H31N2P/c1-20(26(4)19-18-25(2)3)23-16-11-17-24(23)27(21-12-7-5-8-13-21)22-14-9-6-10-15-22/h5-15,17,20H,16,18-19H2,1-4H3/t20-/m0/s1. The Hall–Kier alpha value is -1.73. The Balaban J connectivity index is 1.97. The molecule has 0 saturated heterocycles. The Bertz CT molecular complexity index is 741. The highest BCUT2D eigenvalue weighted by Crippen LogP contribution is 2.48. The lowest BCUT2D eigenvalue weighted by Crippen LogP contribution is -2.36. The molecule has 3 heteroatoms. The van der Waals surface area contributed by atoms with Gasteiger partial charge in [0.2, 0.25) is 0 Å². The summed E-state index contributed by atoms with van der Waals surface area (Å²) in [6.45, 7) is 4.53. The van der Waals surface area contributed by atoms with Gasteiger partial charge in [-0.1, -0.05) is 72.8 Å². The highest BCUT2D eigenvalue weighted by molar-refractivity contribution is 7.77. The summed E-state index contributed by atoms with van der Waals surface area (Å²) in [5.74, 6) is 0. The van der Waals surface area contributed by atoms with Crippen LogP contribution in [0.5, 0.6) is 0 Å². The zero-order chi connectivity index (χ0) is 19.2. The maximum Gasteiger partial charge on any atom is 0.0289 e. The molecular formula is C24H31N2P. The third kappa shape index (κ3) is 4.96. The lowest BCUT2D eigenvalue weighted by Gasteiger charge is -2.30. The highest BCUT2D eigenvalue weighted by atomic mass is 31.1. The van der Waals surface area contributed by atoms with Gasteiger partial charge in [-0.05, 0) is 63.9 Å². The first-order chi connectivity index (χ1) is 13.1. The van der Waals surface area contributed by atoms with Crippen molar-refractivity contribution in [3.63, 3.8) is 0 Å². The van der Waals surface area contributed by atoms with Crippen LogP contribution >= 0.6 is 7.92 Å². The molecule has 0 aliphatic heterocycles. The quantitative estimate of drug-likeness (QED) is 0.635. The van der Waals surface area contributed by atoms with Crippen LogP contribution in [0.25, 0.3) is 0 Å². The van der Waals surface area contributed by atoms with Crippen molar-refractivity contribution in [2.24, 2.45) is 0 Å². The summed E-state index contributed by atoms with van der Waals surface area (Å²) in [4.78, 5) is 4.75. The molecule has 2 aromatic carbocycles. The summed E-state index contributed by atoms with van der Waals surface area (Å²) in [6, 6.07) is 22.5. The molecule has 0 N–H and O–H groups in total. The lowest BCUT2D eigenvalue weighted by atomic mass is 10.1. The Morgan fingerprint density at radius 2 is 1.41 bits per heavy atom. The van der Waals surface area contributed by atoms with Crippen molar-refractivity contribution in [2.45, 2.75) is 19.4 Å². The van der Waals surface area contributed by atoms with E-state index in [-0.39, 0.29) is 0 Å². The fraction of sp³-hybridized carbons (Fsp3) is 0.333. The van der Waals surface area contributed by atoms with Gasteiger partial charge < -0.3 is 4.90 Å². The molecule has 0 heterocycles. The molecule has 1 aliphatic carbocycles. The van der Waals surface area contributed by atoms with Crippen LogP contribution in [0.3, 0.4) is 0 Å². The summed E-state index contributed by atoms with van der Waals surface area (Å²) >= 11 is 0.